The molecule has 0 bridgehead atoms. The van der Waals surface area contributed by atoms with E-state index in [4.69, 9.17) is 4.74 Å². The number of halogens is 3. The predicted molar refractivity (Wildman–Crippen MR) is 121 cm³/mol. The molecule has 0 saturated carbocycles. The second kappa shape index (κ2) is 10.1. The predicted octanol–water partition coefficient (Wildman–Crippen LogP) is 5.51. The Kier molecular flexibility index (Phi) is 6.95. The molecule has 9 heteroatoms. The van der Waals surface area contributed by atoms with E-state index in [1.54, 1.807) is 0 Å². The Morgan fingerprint density at radius 1 is 0.914 bits per heavy atom. The molecular formula is C26H22F3NO5. The van der Waals surface area contributed by atoms with Gasteiger partial charge < -0.3 is 19.9 Å². The molecule has 1 aliphatic carbocycles. The number of carboxylic acids is 1. The SMILES string of the molecule is O=C(N[C@H](CCc1ccccc1OC(F)(F)F)C(=O)O)OCC1c2ccccc2-c2ccccc21. The summed E-state index contributed by atoms with van der Waals surface area (Å²) in [6, 6.07) is 19.7. The van der Waals surface area contributed by atoms with Crippen LogP contribution in [0.5, 0.6) is 5.75 Å². The van der Waals surface area contributed by atoms with E-state index in [1.165, 1.54) is 18.2 Å². The maximum absolute atomic E-state index is 12.6. The van der Waals surface area contributed by atoms with Crippen LogP contribution in [-0.4, -0.2) is 36.2 Å². The first-order chi connectivity index (χ1) is 16.7. The topological polar surface area (TPSA) is 84.9 Å². The molecule has 0 aromatic heterocycles. The van der Waals surface area contributed by atoms with Crippen molar-refractivity contribution < 1.29 is 37.3 Å². The third kappa shape index (κ3) is 5.74. The number of amides is 1. The molecule has 2 N–H and O–H groups in total. The molecular weight excluding hydrogens is 463 g/mol. The number of aryl methyl sites for hydroxylation is 1. The fraction of sp³-hybridized carbons (Fsp3) is 0.231. The fourth-order valence-corrected chi connectivity index (χ4v) is 4.27. The van der Waals surface area contributed by atoms with E-state index in [-0.39, 0.29) is 30.9 Å². The number of alkyl halides is 3. The van der Waals surface area contributed by atoms with E-state index in [2.05, 4.69) is 10.1 Å². The van der Waals surface area contributed by atoms with Gasteiger partial charge in [-0.25, -0.2) is 9.59 Å². The van der Waals surface area contributed by atoms with Crippen LogP contribution in [0.2, 0.25) is 0 Å². The van der Waals surface area contributed by atoms with Gasteiger partial charge >= 0.3 is 18.4 Å². The smallest absolute Gasteiger partial charge is 0.480 e. The summed E-state index contributed by atoms with van der Waals surface area (Å²) in [6.45, 7) is 0.00839. The van der Waals surface area contributed by atoms with Crippen molar-refractivity contribution in [2.45, 2.75) is 31.2 Å². The first-order valence-electron chi connectivity index (χ1n) is 10.9. The average Bonchev–Trinajstić information content (AvgIpc) is 3.14. The summed E-state index contributed by atoms with van der Waals surface area (Å²) in [5.41, 5.74) is 4.31. The van der Waals surface area contributed by atoms with Crippen molar-refractivity contribution in [1.82, 2.24) is 5.32 Å². The van der Waals surface area contributed by atoms with E-state index in [1.807, 2.05) is 48.5 Å². The quantitative estimate of drug-likeness (QED) is 0.440. The van der Waals surface area contributed by atoms with Crippen molar-refractivity contribution in [3.05, 3.63) is 89.5 Å². The molecule has 1 amide bonds. The van der Waals surface area contributed by atoms with Gasteiger partial charge in [-0.1, -0.05) is 66.7 Å². The van der Waals surface area contributed by atoms with Crippen LogP contribution in [0.15, 0.2) is 72.8 Å². The Balaban J connectivity index is 1.38. The minimum absolute atomic E-state index is 0.00839. The van der Waals surface area contributed by atoms with Crippen molar-refractivity contribution in [1.29, 1.82) is 0 Å². The standard InChI is InChI=1S/C26H22F3NO5/c27-26(28,29)35-23-12-6-1-7-16(23)13-14-22(24(31)32)30-25(33)34-15-21-19-10-4-2-8-17(19)18-9-3-5-11-20(18)21/h1-12,21-22H,13-15H2,(H,30,33)(H,31,32)/t22-/m1/s1. The minimum Gasteiger partial charge on any atom is -0.480 e. The number of carboxylic acid groups (broad SMARTS) is 1. The first-order valence-corrected chi connectivity index (χ1v) is 10.9. The highest BCUT2D eigenvalue weighted by molar-refractivity contribution is 5.81. The summed E-state index contributed by atoms with van der Waals surface area (Å²) < 4.78 is 47.3. The number of alkyl carbamates (subject to hydrolysis) is 1. The lowest BCUT2D eigenvalue weighted by Gasteiger charge is -2.18. The van der Waals surface area contributed by atoms with Gasteiger partial charge in [-0.2, -0.15) is 0 Å². The lowest BCUT2D eigenvalue weighted by Crippen LogP contribution is -2.41. The Hall–Kier alpha value is -4.01. The molecule has 3 aromatic rings. The van der Waals surface area contributed by atoms with Gasteiger partial charge in [-0.3, -0.25) is 0 Å². The molecule has 1 aliphatic rings. The van der Waals surface area contributed by atoms with Crippen LogP contribution in [0.25, 0.3) is 11.1 Å². The number of carbonyl (C=O) groups excluding carboxylic acids is 1. The molecule has 35 heavy (non-hydrogen) atoms. The van der Waals surface area contributed by atoms with Crippen LogP contribution in [0.3, 0.4) is 0 Å². The number of benzene rings is 3. The second-order valence-electron chi connectivity index (χ2n) is 8.05. The van der Waals surface area contributed by atoms with Crippen LogP contribution in [0.1, 0.15) is 29.0 Å². The maximum atomic E-state index is 12.6. The van der Waals surface area contributed by atoms with Crippen molar-refractivity contribution in [3.63, 3.8) is 0 Å². The molecule has 0 aliphatic heterocycles. The van der Waals surface area contributed by atoms with Gasteiger partial charge in [-0.15, -0.1) is 13.2 Å². The Labute approximate surface area is 199 Å². The van der Waals surface area contributed by atoms with E-state index >= 15 is 0 Å². The number of rotatable bonds is 8. The number of fused-ring (bicyclic) bond motifs is 3. The Morgan fingerprint density at radius 2 is 1.49 bits per heavy atom. The molecule has 1 atom stereocenters. The number of hydrogen-bond donors (Lipinski definition) is 2. The Morgan fingerprint density at radius 3 is 2.09 bits per heavy atom. The van der Waals surface area contributed by atoms with Crippen LogP contribution in [-0.2, 0) is 16.0 Å². The highest BCUT2D eigenvalue weighted by Crippen LogP contribution is 2.44. The third-order valence-corrected chi connectivity index (χ3v) is 5.83. The summed E-state index contributed by atoms with van der Waals surface area (Å²) in [5.74, 6) is -1.93. The molecule has 182 valence electrons. The normalized spacial score (nSPS) is 13.5. The molecule has 0 heterocycles. The molecule has 0 unspecified atom stereocenters. The zero-order valence-electron chi connectivity index (χ0n) is 18.4. The van der Waals surface area contributed by atoms with Crippen LogP contribution in [0.4, 0.5) is 18.0 Å². The van der Waals surface area contributed by atoms with Gasteiger partial charge in [0.25, 0.3) is 0 Å². The molecule has 0 fully saturated rings. The number of carbonyl (C=O) groups is 2. The van der Waals surface area contributed by atoms with Crippen molar-refractivity contribution in [3.8, 4) is 16.9 Å². The molecule has 0 spiro atoms. The van der Waals surface area contributed by atoms with Crippen molar-refractivity contribution in [2.75, 3.05) is 6.61 Å². The summed E-state index contributed by atoms with van der Waals surface area (Å²) in [4.78, 5) is 24.1. The molecule has 6 nitrogen and oxygen atoms in total. The third-order valence-electron chi connectivity index (χ3n) is 5.83. The van der Waals surface area contributed by atoms with Crippen molar-refractivity contribution in [2.24, 2.45) is 0 Å². The lowest BCUT2D eigenvalue weighted by atomic mass is 9.98. The molecule has 0 saturated heterocycles. The zero-order chi connectivity index (χ0) is 25.0. The number of hydrogen-bond acceptors (Lipinski definition) is 4. The monoisotopic (exact) mass is 485 g/mol. The van der Waals surface area contributed by atoms with Crippen molar-refractivity contribution >= 4 is 12.1 Å². The van der Waals surface area contributed by atoms with Crippen LogP contribution in [0, 0.1) is 0 Å². The van der Waals surface area contributed by atoms with Gasteiger partial charge in [0.05, 0.1) is 0 Å². The van der Waals surface area contributed by atoms with Gasteiger partial charge in [-0.05, 0) is 46.7 Å². The number of nitrogens with one attached hydrogen (secondary N) is 1. The summed E-state index contributed by atoms with van der Waals surface area (Å²) in [5, 5.41) is 11.8. The Bertz CT molecular complexity index is 1180. The van der Waals surface area contributed by atoms with Crippen LogP contribution >= 0.6 is 0 Å². The largest absolute Gasteiger partial charge is 0.573 e. The van der Waals surface area contributed by atoms with Gasteiger partial charge in [0.15, 0.2) is 0 Å². The van der Waals surface area contributed by atoms with Crippen LogP contribution < -0.4 is 10.1 Å². The van der Waals surface area contributed by atoms with E-state index in [0.29, 0.717) is 0 Å². The summed E-state index contributed by atoms with van der Waals surface area (Å²) in [6.07, 6.45) is -6.01. The van der Waals surface area contributed by atoms with Gasteiger partial charge in [0.1, 0.15) is 18.4 Å². The first kappa shape index (κ1) is 24.1. The fourth-order valence-electron chi connectivity index (χ4n) is 4.27. The minimum atomic E-state index is -4.87. The second-order valence-corrected chi connectivity index (χ2v) is 8.05. The number of para-hydroxylation sites is 1. The maximum Gasteiger partial charge on any atom is 0.573 e. The highest BCUT2D eigenvalue weighted by atomic mass is 19.4. The number of aliphatic carboxylic acids is 1. The van der Waals surface area contributed by atoms with E-state index in [9.17, 15) is 27.9 Å². The van der Waals surface area contributed by atoms with E-state index in [0.717, 1.165) is 28.3 Å². The lowest BCUT2D eigenvalue weighted by molar-refractivity contribution is -0.274. The van der Waals surface area contributed by atoms with Gasteiger partial charge in [0.2, 0.25) is 0 Å². The summed E-state index contributed by atoms with van der Waals surface area (Å²) in [7, 11) is 0. The highest BCUT2D eigenvalue weighted by Gasteiger charge is 2.32. The van der Waals surface area contributed by atoms with E-state index < -0.39 is 30.2 Å². The van der Waals surface area contributed by atoms with Gasteiger partial charge in [0, 0.05) is 5.92 Å². The molecule has 3 aromatic carbocycles. The molecule has 4 rings (SSSR count). The number of ether oxygens (including phenoxy) is 2. The zero-order valence-corrected chi connectivity index (χ0v) is 18.4. The summed E-state index contributed by atoms with van der Waals surface area (Å²) >= 11 is 0. The molecule has 0 radical (unpaired) electrons. The average molecular weight is 485 g/mol.